The molecule has 1 fully saturated rings. The average Bonchev–Trinajstić information content (AvgIpc) is 2.81. The van der Waals surface area contributed by atoms with Crippen LogP contribution in [0.25, 0.3) is 0 Å². The van der Waals surface area contributed by atoms with Crippen LogP contribution in [0, 0.1) is 0 Å². The minimum atomic E-state index is -0.198. The molecule has 4 heteroatoms. The molecule has 106 valence electrons. The molecule has 0 radical (unpaired) electrons. The summed E-state index contributed by atoms with van der Waals surface area (Å²) in [6, 6.07) is 1.000. The van der Waals surface area contributed by atoms with Crippen LogP contribution in [0.3, 0.4) is 0 Å². The molecule has 19 heavy (non-hydrogen) atoms. The van der Waals surface area contributed by atoms with Crippen LogP contribution in [0.5, 0.6) is 0 Å². The predicted octanol–water partition coefficient (Wildman–Crippen LogP) is 2.13. The third-order valence-corrected chi connectivity index (χ3v) is 4.60. The standard InChI is InChI=1S/C15H25N3O/c1-11(2)17-8-4-3-5-14(17)15-16-9-12-6-7-13(19)10-18(12)15/h9,11,13-14,19H,3-8,10H2,1-2H3. The maximum Gasteiger partial charge on any atom is 0.126 e. The first-order valence-electron chi connectivity index (χ1n) is 7.65. The van der Waals surface area contributed by atoms with Crippen LogP contribution in [0.4, 0.5) is 0 Å². The van der Waals surface area contributed by atoms with Crippen LogP contribution in [0.2, 0.25) is 0 Å². The second kappa shape index (κ2) is 5.25. The van der Waals surface area contributed by atoms with Crippen molar-refractivity contribution in [2.45, 2.75) is 70.7 Å². The van der Waals surface area contributed by atoms with Gasteiger partial charge in [-0.25, -0.2) is 4.98 Å². The molecular weight excluding hydrogens is 238 g/mol. The van der Waals surface area contributed by atoms with E-state index in [1.54, 1.807) is 0 Å². The molecule has 1 aromatic heterocycles. The molecule has 0 bridgehead atoms. The third kappa shape index (κ3) is 2.43. The van der Waals surface area contributed by atoms with Gasteiger partial charge < -0.3 is 9.67 Å². The number of piperidine rings is 1. The fourth-order valence-corrected chi connectivity index (χ4v) is 3.57. The topological polar surface area (TPSA) is 41.3 Å². The van der Waals surface area contributed by atoms with Crippen molar-refractivity contribution in [3.8, 4) is 0 Å². The van der Waals surface area contributed by atoms with E-state index in [0.29, 0.717) is 12.1 Å². The Morgan fingerprint density at radius 3 is 2.95 bits per heavy atom. The van der Waals surface area contributed by atoms with Gasteiger partial charge in [0, 0.05) is 17.9 Å². The molecule has 3 heterocycles. The lowest BCUT2D eigenvalue weighted by Gasteiger charge is -2.39. The maximum absolute atomic E-state index is 9.91. The van der Waals surface area contributed by atoms with Gasteiger partial charge in [-0.3, -0.25) is 4.90 Å². The van der Waals surface area contributed by atoms with E-state index in [2.05, 4.69) is 23.3 Å². The molecule has 2 aliphatic heterocycles. The smallest absolute Gasteiger partial charge is 0.126 e. The highest BCUT2D eigenvalue weighted by Gasteiger charge is 2.31. The van der Waals surface area contributed by atoms with Gasteiger partial charge in [0.1, 0.15) is 5.82 Å². The SMILES string of the molecule is CC(C)N1CCCCC1c1ncc2n1CC(O)CC2. The van der Waals surface area contributed by atoms with Crippen molar-refractivity contribution in [3.05, 3.63) is 17.7 Å². The van der Waals surface area contributed by atoms with Gasteiger partial charge >= 0.3 is 0 Å². The number of fused-ring (bicyclic) bond motifs is 1. The summed E-state index contributed by atoms with van der Waals surface area (Å²) < 4.78 is 2.28. The van der Waals surface area contributed by atoms with Crippen LogP contribution in [0.15, 0.2) is 6.20 Å². The first kappa shape index (κ1) is 13.1. The number of aliphatic hydroxyl groups excluding tert-OH is 1. The van der Waals surface area contributed by atoms with Crippen LogP contribution in [-0.2, 0) is 13.0 Å². The summed E-state index contributed by atoms with van der Waals surface area (Å²) >= 11 is 0. The zero-order valence-corrected chi connectivity index (χ0v) is 12.0. The lowest BCUT2D eigenvalue weighted by molar-refractivity contribution is 0.0931. The number of aliphatic hydroxyl groups is 1. The number of nitrogens with zero attached hydrogens (tertiary/aromatic N) is 3. The Morgan fingerprint density at radius 1 is 1.32 bits per heavy atom. The van der Waals surface area contributed by atoms with Crippen LogP contribution in [-0.4, -0.2) is 38.2 Å². The van der Waals surface area contributed by atoms with Gasteiger partial charge in [-0.2, -0.15) is 0 Å². The fraction of sp³-hybridized carbons (Fsp3) is 0.800. The number of imidazole rings is 1. The second-order valence-electron chi connectivity index (χ2n) is 6.25. The Kier molecular flexibility index (Phi) is 3.63. The Morgan fingerprint density at radius 2 is 2.16 bits per heavy atom. The van der Waals surface area contributed by atoms with Gasteiger partial charge in [0.05, 0.1) is 18.7 Å². The molecule has 1 saturated heterocycles. The van der Waals surface area contributed by atoms with E-state index in [4.69, 9.17) is 4.98 Å². The molecule has 1 N–H and O–H groups in total. The summed E-state index contributed by atoms with van der Waals surface area (Å²) in [6.45, 7) is 6.45. The number of aryl methyl sites for hydroxylation is 1. The van der Waals surface area contributed by atoms with Gasteiger partial charge in [0.2, 0.25) is 0 Å². The van der Waals surface area contributed by atoms with E-state index in [-0.39, 0.29) is 6.10 Å². The molecule has 2 atom stereocenters. The molecule has 0 saturated carbocycles. The molecule has 4 nitrogen and oxygen atoms in total. The molecular formula is C15H25N3O. The van der Waals surface area contributed by atoms with E-state index in [1.165, 1.54) is 37.3 Å². The molecule has 2 aliphatic rings. The number of hydrogen-bond acceptors (Lipinski definition) is 3. The lowest BCUT2D eigenvalue weighted by atomic mass is 9.99. The Balaban J connectivity index is 1.90. The largest absolute Gasteiger partial charge is 0.391 e. The minimum Gasteiger partial charge on any atom is -0.391 e. The minimum absolute atomic E-state index is 0.198. The van der Waals surface area contributed by atoms with Crippen LogP contribution in [0.1, 0.15) is 57.1 Å². The maximum atomic E-state index is 9.91. The quantitative estimate of drug-likeness (QED) is 0.888. The van der Waals surface area contributed by atoms with Crippen molar-refractivity contribution in [1.82, 2.24) is 14.5 Å². The number of aromatic nitrogens is 2. The number of likely N-dealkylation sites (tertiary alicyclic amines) is 1. The van der Waals surface area contributed by atoms with Crippen molar-refractivity contribution in [2.75, 3.05) is 6.54 Å². The van der Waals surface area contributed by atoms with E-state index < -0.39 is 0 Å². The van der Waals surface area contributed by atoms with E-state index in [0.717, 1.165) is 19.4 Å². The summed E-state index contributed by atoms with van der Waals surface area (Å²) in [7, 11) is 0. The third-order valence-electron chi connectivity index (χ3n) is 4.60. The molecule has 0 spiro atoms. The Hall–Kier alpha value is -0.870. The molecule has 0 aromatic carbocycles. The highest BCUT2D eigenvalue weighted by molar-refractivity contribution is 5.13. The molecule has 0 aliphatic carbocycles. The summed E-state index contributed by atoms with van der Waals surface area (Å²) in [5.41, 5.74) is 1.30. The van der Waals surface area contributed by atoms with Crippen LogP contribution < -0.4 is 0 Å². The van der Waals surface area contributed by atoms with Crippen molar-refractivity contribution in [2.24, 2.45) is 0 Å². The Labute approximate surface area is 115 Å². The highest BCUT2D eigenvalue weighted by atomic mass is 16.3. The summed E-state index contributed by atoms with van der Waals surface area (Å²) in [5, 5.41) is 9.91. The van der Waals surface area contributed by atoms with Gasteiger partial charge in [-0.1, -0.05) is 6.42 Å². The monoisotopic (exact) mass is 263 g/mol. The van der Waals surface area contributed by atoms with E-state index in [1.807, 2.05) is 6.20 Å². The molecule has 3 rings (SSSR count). The van der Waals surface area contributed by atoms with Crippen LogP contribution >= 0.6 is 0 Å². The van der Waals surface area contributed by atoms with Gasteiger partial charge in [-0.05, 0) is 46.1 Å². The van der Waals surface area contributed by atoms with Crippen molar-refractivity contribution in [3.63, 3.8) is 0 Å². The number of rotatable bonds is 2. The van der Waals surface area contributed by atoms with E-state index >= 15 is 0 Å². The van der Waals surface area contributed by atoms with E-state index in [9.17, 15) is 5.11 Å². The highest BCUT2D eigenvalue weighted by Crippen LogP contribution is 2.33. The molecule has 0 amide bonds. The Bertz CT molecular complexity index is 441. The van der Waals surface area contributed by atoms with Crippen molar-refractivity contribution < 1.29 is 5.11 Å². The summed E-state index contributed by atoms with van der Waals surface area (Å²) in [5.74, 6) is 1.18. The predicted molar refractivity (Wildman–Crippen MR) is 75.0 cm³/mol. The fourth-order valence-electron chi connectivity index (χ4n) is 3.57. The lowest BCUT2D eigenvalue weighted by Crippen LogP contribution is -2.40. The summed E-state index contributed by atoms with van der Waals surface area (Å²) in [6.07, 6.45) is 7.45. The zero-order valence-electron chi connectivity index (χ0n) is 12.0. The van der Waals surface area contributed by atoms with Gasteiger partial charge in [0.25, 0.3) is 0 Å². The first-order chi connectivity index (χ1) is 9.16. The normalized spacial score (nSPS) is 28.6. The van der Waals surface area contributed by atoms with Gasteiger partial charge in [0.15, 0.2) is 0 Å². The molecule has 1 aromatic rings. The van der Waals surface area contributed by atoms with Crippen molar-refractivity contribution in [1.29, 1.82) is 0 Å². The first-order valence-corrected chi connectivity index (χ1v) is 7.65. The zero-order chi connectivity index (χ0) is 13.4. The molecule has 2 unspecified atom stereocenters. The summed E-state index contributed by atoms with van der Waals surface area (Å²) in [4.78, 5) is 7.27. The van der Waals surface area contributed by atoms with Crippen molar-refractivity contribution >= 4 is 0 Å². The van der Waals surface area contributed by atoms with Gasteiger partial charge in [-0.15, -0.1) is 0 Å². The average molecular weight is 263 g/mol. The number of hydrogen-bond donors (Lipinski definition) is 1. The second-order valence-corrected chi connectivity index (χ2v) is 6.25.